The molecule has 5 heteroatoms. The molecule has 0 saturated carbocycles. The average Bonchev–Trinajstić information content (AvgIpc) is 3.05. The largest absolute Gasteiger partial charge is 0.491 e. The fraction of sp³-hybridized carbons (Fsp3) is 0.440. The van der Waals surface area contributed by atoms with E-state index in [1.54, 1.807) is 0 Å². The topological polar surface area (TPSA) is 49.2 Å². The Kier molecular flexibility index (Phi) is 7.50. The van der Waals surface area contributed by atoms with E-state index in [-0.39, 0.29) is 12.2 Å². The monoisotopic (exact) mass is 407 g/mol. The first-order valence-corrected chi connectivity index (χ1v) is 10.8. The van der Waals surface area contributed by atoms with Crippen LogP contribution >= 0.6 is 0 Å². The fourth-order valence-electron chi connectivity index (χ4n) is 3.20. The third-order valence-electron chi connectivity index (χ3n) is 4.64. The summed E-state index contributed by atoms with van der Waals surface area (Å²) >= 11 is 0. The van der Waals surface area contributed by atoms with E-state index in [2.05, 4.69) is 48.3 Å². The molecule has 0 bridgehead atoms. The van der Waals surface area contributed by atoms with E-state index in [0.29, 0.717) is 12.6 Å². The number of aromatic nitrogens is 3. The van der Waals surface area contributed by atoms with Gasteiger partial charge in [-0.1, -0.05) is 42.0 Å². The molecular weight excluding hydrogens is 374 g/mol. The van der Waals surface area contributed by atoms with Gasteiger partial charge in [0.05, 0.1) is 18.8 Å². The standard InChI is InChI=1S/C25H33N3O2/c1-18(2)29-23-15-13-21(14-16-23)7-6-8-24-26-25(30-19(3)4)28(27-24)17-22-11-9-20(5)10-12-22/h9-16,18-19H,6-8,17H2,1-5H3. The van der Waals surface area contributed by atoms with Crippen molar-refractivity contribution < 1.29 is 9.47 Å². The van der Waals surface area contributed by atoms with Gasteiger partial charge in [-0.2, -0.15) is 10.1 Å². The van der Waals surface area contributed by atoms with Crippen LogP contribution in [0.3, 0.4) is 0 Å². The minimum absolute atomic E-state index is 0.0605. The molecule has 0 N–H and O–H groups in total. The van der Waals surface area contributed by atoms with Gasteiger partial charge >= 0.3 is 6.01 Å². The predicted octanol–water partition coefficient (Wildman–Crippen LogP) is 5.38. The van der Waals surface area contributed by atoms with Crippen LogP contribution in [0.2, 0.25) is 0 Å². The van der Waals surface area contributed by atoms with Crippen LogP contribution in [0.1, 0.15) is 56.6 Å². The van der Waals surface area contributed by atoms with Crippen LogP contribution in [-0.2, 0) is 19.4 Å². The van der Waals surface area contributed by atoms with Gasteiger partial charge in [0.2, 0.25) is 0 Å². The van der Waals surface area contributed by atoms with Gasteiger partial charge in [-0.05, 0) is 70.7 Å². The molecule has 0 unspecified atom stereocenters. The van der Waals surface area contributed by atoms with Crippen molar-refractivity contribution in [1.29, 1.82) is 0 Å². The summed E-state index contributed by atoms with van der Waals surface area (Å²) in [6.07, 6.45) is 3.04. The van der Waals surface area contributed by atoms with Crippen LogP contribution in [0, 0.1) is 6.92 Å². The quantitative estimate of drug-likeness (QED) is 0.452. The number of nitrogens with zero attached hydrogens (tertiary/aromatic N) is 3. The summed E-state index contributed by atoms with van der Waals surface area (Å²) in [7, 11) is 0. The Morgan fingerprint density at radius 1 is 0.800 bits per heavy atom. The lowest BCUT2D eigenvalue weighted by atomic mass is 10.1. The molecule has 0 aliphatic heterocycles. The SMILES string of the molecule is Cc1ccc(Cn2nc(CCCc3ccc(OC(C)C)cc3)nc2OC(C)C)cc1. The zero-order valence-corrected chi connectivity index (χ0v) is 18.8. The van der Waals surface area contributed by atoms with E-state index < -0.39 is 0 Å². The lowest BCUT2D eigenvalue weighted by Crippen LogP contribution is -2.12. The van der Waals surface area contributed by atoms with Gasteiger partial charge in [0.25, 0.3) is 0 Å². The highest BCUT2D eigenvalue weighted by molar-refractivity contribution is 5.27. The summed E-state index contributed by atoms with van der Waals surface area (Å²) in [4.78, 5) is 4.65. The van der Waals surface area contributed by atoms with Gasteiger partial charge in [-0.25, -0.2) is 4.68 Å². The summed E-state index contributed by atoms with van der Waals surface area (Å²) < 4.78 is 13.5. The van der Waals surface area contributed by atoms with Crippen LogP contribution in [0.25, 0.3) is 0 Å². The number of hydrogen-bond acceptors (Lipinski definition) is 4. The number of aryl methyl sites for hydroxylation is 3. The van der Waals surface area contributed by atoms with Gasteiger partial charge < -0.3 is 9.47 Å². The lowest BCUT2D eigenvalue weighted by molar-refractivity contribution is 0.210. The summed E-state index contributed by atoms with van der Waals surface area (Å²) in [5, 5.41) is 4.72. The van der Waals surface area contributed by atoms with Gasteiger partial charge in [0.15, 0.2) is 5.82 Å². The smallest absolute Gasteiger partial charge is 0.315 e. The minimum Gasteiger partial charge on any atom is -0.491 e. The molecule has 5 nitrogen and oxygen atoms in total. The van der Waals surface area contributed by atoms with Crippen molar-refractivity contribution in [2.45, 2.75) is 72.6 Å². The molecular formula is C25H33N3O2. The first kappa shape index (κ1) is 21.9. The molecule has 0 amide bonds. The fourth-order valence-corrected chi connectivity index (χ4v) is 3.20. The molecule has 0 fully saturated rings. The second kappa shape index (κ2) is 10.3. The van der Waals surface area contributed by atoms with Gasteiger partial charge in [0, 0.05) is 6.42 Å². The van der Waals surface area contributed by atoms with E-state index >= 15 is 0 Å². The van der Waals surface area contributed by atoms with E-state index in [1.807, 2.05) is 44.5 Å². The molecule has 2 aromatic carbocycles. The Hall–Kier alpha value is -2.82. The van der Waals surface area contributed by atoms with Crippen LogP contribution in [0.5, 0.6) is 11.8 Å². The van der Waals surface area contributed by atoms with Crippen molar-refractivity contribution in [3.05, 3.63) is 71.0 Å². The molecule has 1 aromatic heterocycles. The Morgan fingerprint density at radius 3 is 2.07 bits per heavy atom. The summed E-state index contributed by atoms with van der Waals surface area (Å²) in [6.45, 7) is 10.9. The molecule has 0 atom stereocenters. The van der Waals surface area contributed by atoms with E-state index in [1.165, 1.54) is 16.7 Å². The molecule has 1 heterocycles. The maximum Gasteiger partial charge on any atom is 0.315 e. The van der Waals surface area contributed by atoms with Crippen molar-refractivity contribution in [3.8, 4) is 11.8 Å². The predicted molar refractivity (Wildman–Crippen MR) is 120 cm³/mol. The van der Waals surface area contributed by atoms with Gasteiger partial charge in [-0.3, -0.25) is 0 Å². The molecule has 160 valence electrons. The molecule has 0 spiro atoms. The lowest BCUT2D eigenvalue weighted by Gasteiger charge is -2.10. The zero-order valence-electron chi connectivity index (χ0n) is 18.8. The Bertz CT molecular complexity index is 913. The van der Waals surface area contributed by atoms with E-state index in [0.717, 1.165) is 30.8 Å². The third kappa shape index (κ3) is 6.61. The second-order valence-corrected chi connectivity index (χ2v) is 8.28. The number of benzene rings is 2. The third-order valence-corrected chi connectivity index (χ3v) is 4.64. The van der Waals surface area contributed by atoms with Crippen LogP contribution in [-0.4, -0.2) is 27.0 Å². The molecule has 0 radical (unpaired) electrons. The summed E-state index contributed by atoms with van der Waals surface area (Å²) in [5.41, 5.74) is 3.73. The molecule has 3 aromatic rings. The Labute approximate surface area is 180 Å². The van der Waals surface area contributed by atoms with Gasteiger partial charge in [-0.15, -0.1) is 0 Å². The Morgan fingerprint density at radius 2 is 1.43 bits per heavy atom. The first-order chi connectivity index (χ1) is 14.4. The zero-order chi connectivity index (χ0) is 21.5. The highest BCUT2D eigenvalue weighted by Crippen LogP contribution is 2.17. The van der Waals surface area contributed by atoms with Crippen LogP contribution in [0.4, 0.5) is 0 Å². The average molecular weight is 408 g/mol. The van der Waals surface area contributed by atoms with E-state index in [4.69, 9.17) is 14.6 Å². The van der Waals surface area contributed by atoms with Crippen LogP contribution < -0.4 is 9.47 Å². The van der Waals surface area contributed by atoms with Crippen molar-refractivity contribution in [2.75, 3.05) is 0 Å². The first-order valence-electron chi connectivity index (χ1n) is 10.8. The second-order valence-electron chi connectivity index (χ2n) is 8.28. The van der Waals surface area contributed by atoms with Gasteiger partial charge in [0.1, 0.15) is 5.75 Å². The van der Waals surface area contributed by atoms with E-state index in [9.17, 15) is 0 Å². The molecule has 3 rings (SSSR count). The minimum atomic E-state index is 0.0605. The maximum atomic E-state index is 5.91. The molecule has 0 aliphatic carbocycles. The Balaban J connectivity index is 1.61. The van der Waals surface area contributed by atoms with Crippen LogP contribution in [0.15, 0.2) is 48.5 Å². The number of hydrogen-bond donors (Lipinski definition) is 0. The highest BCUT2D eigenvalue weighted by atomic mass is 16.5. The van der Waals surface area contributed by atoms with Crippen molar-refractivity contribution >= 4 is 0 Å². The molecule has 0 aliphatic rings. The highest BCUT2D eigenvalue weighted by Gasteiger charge is 2.13. The van der Waals surface area contributed by atoms with Crippen molar-refractivity contribution in [2.24, 2.45) is 0 Å². The molecule has 30 heavy (non-hydrogen) atoms. The maximum absolute atomic E-state index is 5.91. The summed E-state index contributed by atoms with van der Waals surface area (Å²) in [6, 6.07) is 17.4. The normalized spacial score (nSPS) is 11.3. The number of rotatable bonds is 10. The molecule has 0 saturated heterocycles. The summed E-state index contributed by atoms with van der Waals surface area (Å²) in [5.74, 6) is 1.75. The van der Waals surface area contributed by atoms with Crippen molar-refractivity contribution in [1.82, 2.24) is 14.8 Å². The van der Waals surface area contributed by atoms with Crippen molar-refractivity contribution in [3.63, 3.8) is 0 Å². The number of ether oxygens (including phenoxy) is 2.